The number of nitrogens with one attached hydrogen (secondary N) is 1. The summed E-state index contributed by atoms with van der Waals surface area (Å²) in [5, 5.41) is 4.65. The van der Waals surface area contributed by atoms with Crippen LogP contribution in [0.1, 0.15) is 17.7 Å². The monoisotopic (exact) mass is 454 g/mol. The molecular formula is C23H20ClFN4O3. The first-order valence-corrected chi connectivity index (χ1v) is 10.4. The number of aromatic nitrogens is 4. The molecule has 0 amide bonds. The summed E-state index contributed by atoms with van der Waals surface area (Å²) in [4.78, 5) is 27.0. The van der Waals surface area contributed by atoms with E-state index in [1.807, 2.05) is 24.3 Å². The Balaban J connectivity index is 1.35. The Morgan fingerprint density at radius 3 is 2.75 bits per heavy atom. The Morgan fingerprint density at radius 2 is 1.97 bits per heavy atom. The minimum atomic E-state index is -0.527. The predicted molar refractivity (Wildman–Crippen MR) is 120 cm³/mol. The number of para-hydroxylation sites is 2. The van der Waals surface area contributed by atoms with Crippen molar-refractivity contribution in [3.63, 3.8) is 0 Å². The molecule has 0 bridgehead atoms. The van der Waals surface area contributed by atoms with Gasteiger partial charge in [-0.25, -0.2) is 18.7 Å². The van der Waals surface area contributed by atoms with Crippen molar-refractivity contribution in [1.82, 2.24) is 19.3 Å². The number of benzene rings is 2. The fourth-order valence-electron chi connectivity index (χ4n) is 3.38. The highest BCUT2D eigenvalue weighted by Gasteiger charge is 2.13. The first-order valence-electron chi connectivity index (χ1n) is 9.97. The number of aromatic amines is 1. The van der Waals surface area contributed by atoms with E-state index in [1.165, 1.54) is 29.0 Å². The zero-order valence-electron chi connectivity index (χ0n) is 17.2. The minimum absolute atomic E-state index is 0.163. The summed E-state index contributed by atoms with van der Waals surface area (Å²) in [5.74, 6) is -0.882. The molecule has 0 saturated heterocycles. The smallest absolute Gasteiger partial charge is 0.330 e. The largest absolute Gasteiger partial charge is 0.462 e. The van der Waals surface area contributed by atoms with Crippen LogP contribution in [0.2, 0.25) is 5.15 Å². The number of esters is 1. The van der Waals surface area contributed by atoms with Crippen LogP contribution in [-0.4, -0.2) is 31.9 Å². The van der Waals surface area contributed by atoms with Gasteiger partial charge in [-0.1, -0.05) is 23.7 Å². The summed E-state index contributed by atoms with van der Waals surface area (Å²) >= 11 is 6.40. The van der Waals surface area contributed by atoms with Crippen LogP contribution in [0.5, 0.6) is 0 Å². The van der Waals surface area contributed by atoms with Crippen LogP contribution < -0.4 is 5.69 Å². The third-order valence-electron chi connectivity index (χ3n) is 4.96. The van der Waals surface area contributed by atoms with Crippen LogP contribution in [0.4, 0.5) is 4.39 Å². The molecular weight excluding hydrogens is 435 g/mol. The average Bonchev–Trinajstić information content (AvgIpc) is 3.25. The maximum atomic E-state index is 13.1. The molecule has 0 aliphatic rings. The fraction of sp³-hybridized carbons (Fsp3) is 0.174. The molecule has 4 rings (SSSR count). The van der Waals surface area contributed by atoms with Gasteiger partial charge in [0.1, 0.15) is 11.0 Å². The first-order chi connectivity index (χ1) is 15.4. The van der Waals surface area contributed by atoms with Crippen molar-refractivity contribution in [3.8, 4) is 5.69 Å². The van der Waals surface area contributed by atoms with Gasteiger partial charge in [-0.3, -0.25) is 4.57 Å². The maximum absolute atomic E-state index is 13.1. The molecule has 0 unspecified atom stereocenters. The summed E-state index contributed by atoms with van der Waals surface area (Å²) in [6, 6.07) is 13.2. The molecule has 2 heterocycles. The summed E-state index contributed by atoms with van der Waals surface area (Å²) in [6.45, 7) is 2.35. The standard InChI is InChI=1S/C23H20ClFN4O3/c1-15-18(22(24)29(27-15)17-9-7-16(25)8-10-17)11-12-21(30)32-14-4-13-28-20-6-3-2-5-19(20)26-23(28)31/h2-3,5-12H,4,13-14H2,1H3,(H,26,31)/b12-11+. The maximum Gasteiger partial charge on any atom is 0.330 e. The van der Waals surface area contributed by atoms with Crippen LogP contribution in [0.15, 0.2) is 59.4 Å². The number of carbonyl (C=O) groups is 1. The number of imidazole rings is 1. The van der Waals surface area contributed by atoms with E-state index in [0.29, 0.717) is 35.1 Å². The Hall–Kier alpha value is -3.65. The number of rotatable bonds is 7. The van der Waals surface area contributed by atoms with Crippen LogP contribution in [0.25, 0.3) is 22.8 Å². The third-order valence-corrected chi connectivity index (χ3v) is 5.32. The van der Waals surface area contributed by atoms with E-state index in [0.717, 1.165) is 11.0 Å². The zero-order chi connectivity index (χ0) is 22.7. The summed E-state index contributed by atoms with van der Waals surface area (Å²) in [6.07, 6.45) is 3.31. The summed E-state index contributed by atoms with van der Waals surface area (Å²) in [7, 11) is 0. The number of aryl methyl sites for hydroxylation is 2. The molecule has 164 valence electrons. The highest BCUT2D eigenvalue weighted by molar-refractivity contribution is 6.31. The van der Waals surface area contributed by atoms with Gasteiger partial charge in [-0.2, -0.15) is 5.10 Å². The molecule has 0 aliphatic carbocycles. The number of ether oxygens (including phenoxy) is 1. The molecule has 0 spiro atoms. The number of halogens is 2. The van der Waals surface area contributed by atoms with Crippen LogP contribution in [0.3, 0.4) is 0 Å². The molecule has 9 heteroatoms. The van der Waals surface area contributed by atoms with E-state index in [9.17, 15) is 14.0 Å². The molecule has 0 aliphatic heterocycles. The topological polar surface area (TPSA) is 81.9 Å². The van der Waals surface area contributed by atoms with E-state index in [1.54, 1.807) is 23.6 Å². The van der Waals surface area contributed by atoms with E-state index in [4.69, 9.17) is 16.3 Å². The van der Waals surface area contributed by atoms with Crippen molar-refractivity contribution in [2.24, 2.45) is 0 Å². The molecule has 7 nitrogen and oxygen atoms in total. The second kappa shape index (κ2) is 9.23. The highest BCUT2D eigenvalue weighted by Crippen LogP contribution is 2.25. The Bertz CT molecular complexity index is 1350. The van der Waals surface area contributed by atoms with Crippen LogP contribution in [-0.2, 0) is 16.1 Å². The Labute approximate surface area is 187 Å². The lowest BCUT2D eigenvalue weighted by atomic mass is 10.2. The number of hydrogen-bond donors (Lipinski definition) is 1. The van der Waals surface area contributed by atoms with Gasteiger partial charge in [0, 0.05) is 18.2 Å². The van der Waals surface area contributed by atoms with Crippen LogP contribution >= 0.6 is 11.6 Å². The van der Waals surface area contributed by atoms with Crippen molar-refractivity contribution >= 4 is 34.7 Å². The molecule has 0 saturated carbocycles. The molecule has 4 aromatic rings. The van der Waals surface area contributed by atoms with Gasteiger partial charge >= 0.3 is 11.7 Å². The van der Waals surface area contributed by atoms with Crippen LogP contribution in [0, 0.1) is 12.7 Å². The van der Waals surface area contributed by atoms with Gasteiger partial charge in [0.2, 0.25) is 0 Å². The fourth-order valence-corrected chi connectivity index (χ4v) is 3.71. The Morgan fingerprint density at radius 1 is 1.22 bits per heavy atom. The molecule has 0 radical (unpaired) electrons. The SMILES string of the molecule is Cc1nn(-c2ccc(F)cc2)c(Cl)c1/C=C/C(=O)OCCCn1c(=O)[nH]c2ccccc21. The second-order valence-corrected chi connectivity index (χ2v) is 7.49. The first kappa shape index (κ1) is 21.6. The van der Waals surface area contributed by atoms with Crippen molar-refractivity contribution < 1.29 is 13.9 Å². The lowest BCUT2D eigenvalue weighted by molar-refractivity contribution is -0.137. The van der Waals surface area contributed by atoms with Crippen molar-refractivity contribution in [1.29, 1.82) is 0 Å². The highest BCUT2D eigenvalue weighted by atomic mass is 35.5. The molecule has 2 aromatic carbocycles. The van der Waals surface area contributed by atoms with E-state index < -0.39 is 5.97 Å². The quantitative estimate of drug-likeness (QED) is 0.257. The summed E-state index contributed by atoms with van der Waals surface area (Å²) in [5.41, 5.74) is 3.17. The van der Waals surface area contributed by atoms with Crippen molar-refractivity contribution in [2.75, 3.05) is 6.61 Å². The third kappa shape index (κ3) is 4.50. The average molecular weight is 455 g/mol. The number of hydrogen-bond acceptors (Lipinski definition) is 4. The number of nitrogens with zero attached hydrogens (tertiary/aromatic N) is 3. The second-order valence-electron chi connectivity index (χ2n) is 7.13. The summed E-state index contributed by atoms with van der Waals surface area (Å²) < 4.78 is 21.5. The molecule has 2 aromatic heterocycles. The van der Waals surface area contributed by atoms with Gasteiger partial charge in [0.25, 0.3) is 0 Å². The predicted octanol–water partition coefficient (Wildman–Crippen LogP) is 4.26. The van der Waals surface area contributed by atoms with Gasteiger partial charge in [-0.15, -0.1) is 0 Å². The lowest BCUT2D eigenvalue weighted by Gasteiger charge is -2.04. The minimum Gasteiger partial charge on any atom is -0.462 e. The van der Waals surface area contributed by atoms with Gasteiger partial charge in [-0.05, 0) is 55.8 Å². The van der Waals surface area contributed by atoms with Gasteiger partial charge in [0.15, 0.2) is 0 Å². The number of fused-ring (bicyclic) bond motifs is 1. The molecule has 32 heavy (non-hydrogen) atoms. The van der Waals surface area contributed by atoms with Crippen molar-refractivity contribution in [2.45, 2.75) is 19.9 Å². The molecule has 0 fully saturated rings. The molecule has 1 N–H and O–H groups in total. The molecule has 0 atom stereocenters. The van der Waals surface area contributed by atoms with Gasteiger partial charge < -0.3 is 9.72 Å². The number of carbonyl (C=O) groups excluding carboxylic acids is 1. The normalized spacial score (nSPS) is 11.5. The van der Waals surface area contributed by atoms with E-state index in [2.05, 4.69) is 10.1 Å². The van der Waals surface area contributed by atoms with Gasteiger partial charge in [0.05, 0.1) is 29.0 Å². The van der Waals surface area contributed by atoms with E-state index in [-0.39, 0.29) is 18.1 Å². The zero-order valence-corrected chi connectivity index (χ0v) is 18.0. The Kier molecular flexibility index (Phi) is 6.23. The number of H-pyrrole nitrogens is 1. The van der Waals surface area contributed by atoms with E-state index >= 15 is 0 Å². The lowest BCUT2D eigenvalue weighted by Crippen LogP contribution is -2.18. The van der Waals surface area contributed by atoms with Crippen molar-refractivity contribution in [3.05, 3.63) is 87.3 Å².